The summed E-state index contributed by atoms with van der Waals surface area (Å²) in [5.74, 6) is -1.40. The lowest BCUT2D eigenvalue weighted by atomic mass is 10.1. The number of hydrogen-bond acceptors (Lipinski definition) is 3. The standard InChI is InChI=1S/C16H25NO4/c1-12(2)8-6-4-5-7-9-15(19)17-14(13(3)18)10-11-16(20)21/h4,6,14H,1,5,7-11H2,2-3H3,(H,17,19)(H,20,21)/b6-4+. The van der Waals surface area contributed by atoms with Crippen LogP contribution in [0.2, 0.25) is 0 Å². The maximum Gasteiger partial charge on any atom is 0.303 e. The van der Waals surface area contributed by atoms with E-state index in [2.05, 4.69) is 11.9 Å². The van der Waals surface area contributed by atoms with E-state index in [4.69, 9.17) is 5.11 Å². The molecule has 0 radical (unpaired) electrons. The second-order valence-electron chi connectivity index (χ2n) is 5.19. The van der Waals surface area contributed by atoms with Gasteiger partial charge in [0.25, 0.3) is 0 Å². The van der Waals surface area contributed by atoms with Gasteiger partial charge in [-0.2, -0.15) is 0 Å². The van der Waals surface area contributed by atoms with Gasteiger partial charge in [-0.3, -0.25) is 14.4 Å². The molecule has 0 aromatic carbocycles. The minimum Gasteiger partial charge on any atom is -0.481 e. The molecule has 0 fully saturated rings. The molecule has 1 unspecified atom stereocenters. The zero-order chi connectivity index (χ0) is 16.3. The van der Waals surface area contributed by atoms with Gasteiger partial charge in [0.2, 0.25) is 5.91 Å². The maximum atomic E-state index is 11.7. The fourth-order valence-electron chi connectivity index (χ4n) is 1.69. The molecule has 0 aliphatic carbocycles. The van der Waals surface area contributed by atoms with Crippen LogP contribution >= 0.6 is 0 Å². The Morgan fingerprint density at radius 2 is 1.86 bits per heavy atom. The fraction of sp³-hybridized carbons (Fsp3) is 0.562. The van der Waals surface area contributed by atoms with Crippen LogP contribution in [0.5, 0.6) is 0 Å². The number of carboxylic acids is 1. The molecule has 0 spiro atoms. The third kappa shape index (κ3) is 11.6. The number of allylic oxidation sites excluding steroid dienone is 3. The molecule has 0 rings (SSSR count). The average molecular weight is 295 g/mol. The van der Waals surface area contributed by atoms with Crippen molar-refractivity contribution in [1.29, 1.82) is 0 Å². The van der Waals surface area contributed by atoms with Crippen molar-refractivity contribution in [3.8, 4) is 0 Å². The van der Waals surface area contributed by atoms with E-state index < -0.39 is 12.0 Å². The molecule has 0 aromatic heterocycles. The van der Waals surface area contributed by atoms with E-state index in [1.807, 2.05) is 19.1 Å². The van der Waals surface area contributed by atoms with Gasteiger partial charge in [-0.05, 0) is 39.5 Å². The molecule has 0 saturated heterocycles. The number of carbonyl (C=O) groups is 3. The molecular formula is C16H25NO4. The third-order valence-corrected chi connectivity index (χ3v) is 2.88. The normalized spacial score (nSPS) is 12.1. The number of unbranched alkanes of at least 4 members (excludes halogenated alkanes) is 1. The number of ketones is 1. The first-order chi connectivity index (χ1) is 9.82. The summed E-state index contributed by atoms with van der Waals surface area (Å²) < 4.78 is 0. The van der Waals surface area contributed by atoms with Crippen LogP contribution in [0.15, 0.2) is 24.3 Å². The summed E-state index contributed by atoms with van der Waals surface area (Å²) in [6.07, 6.45) is 6.69. The molecule has 5 nitrogen and oxygen atoms in total. The van der Waals surface area contributed by atoms with Gasteiger partial charge in [-0.1, -0.05) is 24.3 Å². The molecule has 0 aliphatic heterocycles. The number of hydrogen-bond donors (Lipinski definition) is 2. The summed E-state index contributed by atoms with van der Waals surface area (Å²) in [6.45, 7) is 7.10. The number of amides is 1. The van der Waals surface area contributed by atoms with Gasteiger partial charge in [0.15, 0.2) is 5.78 Å². The van der Waals surface area contributed by atoms with Crippen molar-refractivity contribution in [3.05, 3.63) is 24.3 Å². The van der Waals surface area contributed by atoms with Crippen molar-refractivity contribution in [1.82, 2.24) is 5.32 Å². The van der Waals surface area contributed by atoms with Crippen LogP contribution in [0.4, 0.5) is 0 Å². The highest BCUT2D eigenvalue weighted by Crippen LogP contribution is 2.03. The van der Waals surface area contributed by atoms with E-state index in [0.717, 1.165) is 18.4 Å². The van der Waals surface area contributed by atoms with Crippen molar-refractivity contribution in [3.63, 3.8) is 0 Å². The van der Waals surface area contributed by atoms with Gasteiger partial charge in [-0.15, -0.1) is 0 Å². The largest absolute Gasteiger partial charge is 0.481 e. The van der Waals surface area contributed by atoms with E-state index in [9.17, 15) is 14.4 Å². The molecule has 1 amide bonds. The number of Topliss-reactive ketones (excluding diaryl/α,β-unsaturated/α-hetero) is 1. The van der Waals surface area contributed by atoms with Crippen molar-refractivity contribution in [2.75, 3.05) is 0 Å². The van der Waals surface area contributed by atoms with Gasteiger partial charge in [0.1, 0.15) is 0 Å². The Hall–Kier alpha value is -1.91. The van der Waals surface area contributed by atoms with Crippen LogP contribution in [-0.2, 0) is 14.4 Å². The maximum absolute atomic E-state index is 11.7. The van der Waals surface area contributed by atoms with Crippen molar-refractivity contribution in [2.45, 2.75) is 58.4 Å². The monoisotopic (exact) mass is 295 g/mol. The third-order valence-electron chi connectivity index (χ3n) is 2.88. The molecule has 0 bridgehead atoms. The fourth-order valence-corrected chi connectivity index (χ4v) is 1.69. The van der Waals surface area contributed by atoms with Gasteiger partial charge < -0.3 is 10.4 Å². The number of aliphatic carboxylic acids is 1. The van der Waals surface area contributed by atoms with E-state index in [1.165, 1.54) is 6.92 Å². The zero-order valence-electron chi connectivity index (χ0n) is 12.9. The summed E-state index contributed by atoms with van der Waals surface area (Å²) in [5, 5.41) is 11.2. The molecular weight excluding hydrogens is 270 g/mol. The Kier molecular flexibility index (Phi) is 9.84. The lowest BCUT2D eigenvalue weighted by Crippen LogP contribution is -2.40. The number of carbonyl (C=O) groups excluding carboxylic acids is 2. The molecule has 21 heavy (non-hydrogen) atoms. The molecule has 0 aromatic rings. The van der Waals surface area contributed by atoms with Gasteiger partial charge in [-0.25, -0.2) is 0 Å². The Bertz CT molecular complexity index is 413. The minimum absolute atomic E-state index is 0.131. The summed E-state index contributed by atoms with van der Waals surface area (Å²) in [4.78, 5) is 33.5. The first-order valence-corrected chi connectivity index (χ1v) is 7.14. The number of rotatable bonds is 11. The van der Waals surface area contributed by atoms with Crippen LogP contribution in [0.3, 0.4) is 0 Å². The lowest BCUT2D eigenvalue weighted by Gasteiger charge is -2.14. The van der Waals surface area contributed by atoms with Crippen LogP contribution in [-0.4, -0.2) is 28.8 Å². The van der Waals surface area contributed by atoms with Crippen molar-refractivity contribution < 1.29 is 19.5 Å². The van der Waals surface area contributed by atoms with Crippen LogP contribution in [0.1, 0.15) is 52.4 Å². The predicted octanol–water partition coefficient (Wildman–Crippen LogP) is 2.62. The lowest BCUT2D eigenvalue weighted by molar-refractivity contribution is -0.137. The summed E-state index contributed by atoms with van der Waals surface area (Å²) >= 11 is 0. The first kappa shape index (κ1) is 19.1. The Labute approximate surface area is 126 Å². The number of carboxylic acid groups (broad SMARTS) is 1. The van der Waals surface area contributed by atoms with Gasteiger partial charge in [0, 0.05) is 12.8 Å². The average Bonchev–Trinajstić information content (AvgIpc) is 2.37. The predicted molar refractivity (Wildman–Crippen MR) is 81.9 cm³/mol. The Morgan fingerprint density at radius 3 is 2.38 bits per heavy atom. The molecule has 0 heterocycles. The number of nitrogens with one attached hydrogen (secondary N) is 1. The first-order valence-electron chi connectivity index (χ1n) is 7.14. The van der Waals surface area contributed by atoms with Crippen molar-refractivity contribution in [2.24, 2.45) is 0 Å². The van der Waals surface area contributed by atoms with Crippen LogP contribution in [0, 0.1) is 0 Å². The highest BCUT2D eigenvalue weighted by molar-refractivity contribution is 5.87. The van der Waals surface area contributed by atoms with E-state index in [1.54, 1.807) is 0 Å². The highest BCUT2D eigenvalue weighted by atomic mass is 16.4. The minimum atomic E-state index is -0.974. The van der Waals surface area contributed by atoms with Gasteiger partial charge >= 0.3 is 5.97 Å². The molecule has 5 heteroatoms. The van der Waals surface area contributed by atoms with Gasteiger partial charge in [0.05, 0.1) is 6.04 Å². The van der Waals surface area contributed by atoms with E-state index in [-0.39, 0.29) is 24.5 Å². The Balaban J connectivity index is 3.98. The molecule has 118 valence electrons. The molecule has 2 N–H and O–H groups in total. The van der Waals surface area contributed by atoms with E-state index >= 15 is 0 Å². The molecule has 1 atom stereocenters. The van der Waals surface area contributed by atoms with E-state index in [0.29, 0.717) is 12.8 Å². The summed E-state index contributed by atoms with van der Waals surface area (Å²) in [5.41, 5.74) is 1.09. The molecule has 0 saturated carbocycles. The van der Waals surface area contributed by atoms with Crippen LogP contribution in [0.25, 0.3) is 0 Å². The zero-order valence-corrected chi connectivity index (χ0v) is 12.9. The Morgan fingerprint density at radius 1 is 1.19 bits per heavy atom. The van der Waals surface area contributed by atoms with Crippen molar-refractivity contribution >= 4 is 17.7 Å². The second-order valence-corrected chi connectivity index (χ2v) is 5.19. The quantitative estimate of drug-likeness (QED) is 0.453. The summed E-state index contributed by atoms with van der Waals surface area (Å²) in [7, 11) is 0. The topological polar surface area (TPSA) is 83.5 Å². The highest BCUT2D eigenvalue weighted by Gasteiger charge is 2.17. The SMILES string of the molecule is C=C(C)C/C=C/CCCC(=O)NC(CCC(=O)O)C(C)=O. The summed E-state index contributed by atoms with van der Waals surface area (Å²) in [6, 6.07) is -0.701. The van der Waals surface area contributed by atoms with Crippen LogP contribution < -0.4 is 5.32 Å². The second kappa shape index (κ2) is 10.8. The molecule has 0 aliphatic rings. The smallest absolute Gasteiger partial charge is 0.303 e.